The molecule has 0 unspecified atom stereocenters. The van der Waals surface area contributed by atoms with Crippen LogP contribution in [0.1, 0.15) is 13.8 Å². The molecule has 0 aliphatic carbocycles. The van der Waals surface area contributed by atoms with Crippen LogP contribution in [-0.4, -0.2) is 24.7 Å². The maximum atomic E-state index is 11.2. The molecule has 1 rings (SSSR count). The van der Waals surface area contributed by atoms with E-state index in [-0.39, 0.29) is 5.41 Å². The fourth-order valence-electron chi connectivity index (χ4n) is 0.707. The lowest BCUT2D eigenvalue weighted by Crippen LogP contribution is -2.29. The van der Waals surface area contributed by atoms with Crippen LogP contribution in [-0.2, 0) is 13.6 Å². The zero-order chi connectivity index (χ0) is 8.54. The zero-order valence-corrected chi connectivity index (χ0v) is 7.63. The van der Waals surface area contributed by atoms with E-state index < -0.39 is 13.9 Å². The molecule has 1 aliphatic rings. The average Bonchev–Trinajstić information content (AvgIpc) is 1.97. The van der Waals surface area contributed by atoms with E-state index in [1.807, 2.05) is 13.8 Å². The van der Waals surface area contributed by atoms with Crippen molar-refractivity contribution in [2.75, 3.05) is 19.6 Å². The predicted octanol–water partition coefficient (Wildman–Crippen LogP) is 1.20. The van der Waals surface area contributed by atoms with Gasteiger partial charge >= 0.3 is 7.60 Å². The summed E-state index contributed by atoms with van der Waals surface area (Å²) in [5.41, 5.74) is -0.0942. The Morgan fingerprint density at radius 2 is 1.91 bits per heavy atom. The molecule has 1 heterocycles. The minimum atomic E-state index is -3.12. The Bertz CT molecular complexity index is 175. The summed E-state index contributed by atoms with van der Waals surface area (Å²) in [5.74, 6) is 0. The van der Waals surface area contributed by atoms with Crippen LogP contribution < -0.4 is 0 Å². The summed E-state index contributed by atoms with van der Waals surface area (Å²) in [6.07, 6.45) is -0.525. The van der Waals surface area contributed by atoms with Crippen molar-refractivity contribution >= 4 is 7.60 Å². The molecule has 4 nitrogen and oxygen atoms in total. The molecule has 1 aliphatic heterocycles. The van der Waals surface area contributed by atoms with Crippen molar-refractivity contribution in [1.29, 1.82) is 0 Å². The molecule has 0 radical (unpaired) electrons. The lowest BCUT2D eigenvalue weighted by atomic mass is 9.97. The van der Waals surface area contributed by atoms with Gasteiger partial charge in [-0.25, -0.2) is 0 Å². The molecular formula is C6H13O4P. The summed E-state index contributed by atoms with van der Waals surface area (Å²) in [5, 5.41) is 8.61. The highest BCUT2D eigenvalue weighted by Gasteiger charge is 2.35. The monoisotopic (exact) mass is 180 g/mol. The fraction of sp³-hybridized carbons (Fsp3) is 1.00. The van der Waals surface area contributed by atoms with Crippen molar-refractivity contribution in [2.45, 2.75) is 13.8 Å². The summed E-state index contributed by atoms with van der Waals surface area (Å²) in [7, 11) is -3.12. The van der Waals surface area contributed by atoms with Crippen molar-refractivity contribution in [3.8, 4) is 0 Å². The second kappa shape index (κ2) is 2.87. The van der Waals surface area contributed by atoms with Gasteiger partial charge in [0, 0.05) is 5.41 Å². The predicted molar refractivity (Wildman–Crippen MR) is 40.4 cm³/mol. The van der Waals surface area contributed by atoms with Crippen molar-refractivity contribution in [3.63, 3.8) is 0 Å². The molecule has 0 aromatic rings. The zero-order valence-electron chi connectivity index (χ0n) is 6.74. The molecule has 1 N–H and O–H groups in total. The number of hydrogen-bond donors (Lipinski definition) is 1. The number of rotatable bonds is 1. The van der Waals surface area contributed by atoms with Crippen LogP contribution in [0.15, 0.2) is 0 Å². The van der Waals surface area contributed by atoms with Crippen molar-refractivity contribution in [1.82, 2.24) is 0 Å². The van der Waals surface area contributed by atoms with Gasteiger partial charge in [-0.05, 0) is 0 Å². The minimum Gasteiger partial charge on any atom is -0.384 e. The number of aliphatic hydroxyl groups excluding tert-OH is 1. The third-order valence-electron chi connectivity index (χ3n) is 1.48. The van der Waals surface area contributed by atoms with Crippen LogP contribution >= 0.6 is 7.60 Å². The Kier molecular flexibility index (Phi) is 2.40. The van der Waals surface area contributed by atoms with Gasteiger partial charge < -0.3 is 14.2 Å². The van der Waals surface area contributed by atoms with E-state index in [1.54, 1.807) is 0 Å². The molecule has 0 spiro atoms. The highest BCUT2D eigenvalue weighted by molar-refractivity contribution is 7.53. The Hall–Kier alpha value is 0.110. The van der Waals surface area contributed by atoms with Gasteiger partial charge in [0.15, 0.2) is 0 Å². The van der Waals surface area contributed by atoms with Crippen LogP contribution in [0.2, 0.25) is 0 Å². The molecular weight excluding hydrogens is 167 g/mol. The first-order chi connectivity index (χ1) is 4.97. The molecule has 0 saturated carbocycles. The van der Waals surface area contributed by atoms with Gasteiger partial charge in [0.2, 0.25) is 0 Å². The largest absolute Gasteiger partial charge is 0.384 e. The molecule has 0 aromatic heterocycles. The van der Waals surface area contributed by atoms with Gasteiger partial charge in [0.05, 0.1) is 13.2 Å². The van der Waals surface area contributed by atoms with E-state index in [4.69, 9.17) is 14.2 Å². The van der Waals surface area contributed by atoms with Crippen molar-refractivity contribution in [2.24, 2.45) is 5.41 Å². The molecule has 5 heteroatoms. The quantitative estimate of drug-likeness (QED) is 0.616. The smallest absolute Gasteiger partial charge is 0.355 e. The Morgan fingerprint density at radius 3 is 2.27 bits per heavy atom. The van der Waals surface area contributed by atoms with E-state index in [0.717, 1.165) is 0 Å². The van der Waals surface area contributed by atoms with Gasteiger partial charge in [-0.2, -0.15) is 0 Å². The van der Waals surface area contributed by atoms with Crippen LogP contribution in [0.25, 0.3) is 0 Å². The molecule has 66 valence electrons. The van der Waals surface area contributed by atoms with E-state index in [9.17, 15) is 4.57 Å². The van der Waals surface area contributed by atoms with Crippen LogP contribution in [0.4, 0.5) is 0 Å². The second-order valence-electron chi connectivity index (χ2n) is 3.46. The third-order valence-corrected chi connectivity index (χ3v) is 2.87. The Labute approximate surface area is 66.0 Å². The molecule has 0 amide bonds. The lowest BCUT2D eigenvalue weighted by Gasteiger charge is -2.32. The SMILES string of the molecule is CC1(C)COP(=O)(CO)OC1. The molecule has 0 bridgehead atoms. The molecule has 1 fully saturated rings. The van der Waals surface area contributed by atoms with Gasteiger partial charge in [0.25, 0.3) is 0 Å². The first-order valence-electron chi connectivity index (χ1n) is 3.46. The van der Waals surface area contributed by atoms with Gasteiger partial charge in [0.1, 0.15) is 6.35 Å². The molecule has 11 heavy (non-hydrogen) atoms. The molecule has 1 saturated heterocycles. The van der Waals surface area contributed by atoms with Crippen molar-refractivity contribution in [3.05, 3.63) is 0 Å². The molecule has 0 aromatic carbocycles. The highest BCUT2D eigenvalue weighted by Crippen LogP contribution is 2.52. The van der Waals surface area contributed by atoms with E-state index in [1.165, 1.54) is 0 Å². The van der Waals surface area contributed by atoms with Crippen LogP contribution in [0.5, 0.6) is 0 Å². The summed E-state index contributed by atoms with van der Waals surface area (Å²) in [6, 6.07) is 0. The Balaban J connectivity index is 2.55. The second-order valence-corrected chi connectivity index (χ2v) is 5.48. The average molecular weight is 180 g/mol. The minimum absolute atomic E-state index is 0.0942. The topological polar surface area (TPSA) is 55.8 Å². The number of hydrogen-bond acceptors (Lipinski definition) is 4. The first-order valence-corrected chi connectivity index (χ1v) is 5.19. The van der Waals surface area contributed by atoms with E-state index in [0.29, 0.717) is 13.2 Å². The summed E-state index contributed by atoms with van der Waals surface area (Å²) in [4.78, 5) is 0. The normalized spacial score (nSPS) is 28.3. The van der Waals surface area contributed by atoms with Gasteiger partial charge in [-0.15, -0.1) is 0 Å². The van der Waals surface area contributed by atoms with Crippen molar-refractivity contribution < 1.29 is 18.7 Å². The Morgan fingerprint density at radius 1 is 1.45 bits per heavy atom. The van der Waals surface area contributed by atoms with Gasteiger partial charge in [-0.1, -0.05) is 13.8 Å². The van der Waals surface area contributed by atoms with Gasteiger partial charge in [-0.3, -0.25) is 4.57 Å². The van der Waals surface area contributed by atoms with Crippen LogP contribution in [0, 0.1) is 5.41 Å². The third kappa shape index (κ3) is 2.27. The van der Waals surface area contributed by atoms with E-state index >= 15 is 0 Å². The maximum absolute atomic E-state index is 11.2. The lowest BCUT2D eigenvalue weighted by molar-refractivity contribution is 0.0341. The first kappa shape index (κ1) is 9.20. The fourth-order valence-corrected chi connectivity index (χ4v) is 2.04. The maximum Gasteiger partial charge on any atom is 0.355 e. The highest BCUT2D eigenvalue weighted by atomic mass is 31.2. The standard InChI is InChI=1S/C6H13O4P/c1-6(2)3-9-11(8,5-7)10-4-6/h7H,3-5H2,1-2H3. The van der Waals surface area contributed by atoms with E-state index in [2.05, 4.69) is 0 Å². The molecule has 0 atom stereocenters. The van der Waals surface area contributed by atoms with Crippen LogP contribution in [0.3, 0.4) is 0 Å². The summed E-state index contributed by atoms with van der Waals surface area (Å²) < 4.78 is 21.0. The number of aliphatic hydroxyl groups is 1. The summed E-state index contributed by atoms with van der Waals surface area (Å²) in [6.45, 7) is 4.66. The summed E-state index contributed by atoms with van der Waals surface area (Å²) >= 11 is 0.